The Balaban J connectivity index is 2.04. The van der Waals surface area contributed by atoms with Crippen molar-refractivity contribution in [1.29, 1.82) is 0 Å². The van der Waals surface area contributed by atoms with Crippen LogP contribution in [0.4, 0.5) is 0 Å². The highest BCUT2D eigenvalue weighted by atomic mass is 16.5. The molecular formula is C17H23N3O. The third-order valence-electron chi connectivity index (χ3n) is 4.73. The summed E-state index contributed by atoms with van der Waals surface area (Å²) in [6, 6.07) is 10.6. The molecule has 0 saturated heterocycles. The van der Waals surface area contributed by atoms with Crippen LogP contribution in [-0.4, -0.2) is 16.7 Å². The van der Waals surface area contributed by atoms with Gasteiger partial charge in [0, 0.05) is 6.54 Å². The van der Waals surface area contributed by atoms with E-state index >= 15 is 0 Å². The molecule has 0 bridgehead atoms. The molecule has 4 heteroatoms. The molecule has 0 atom stereocenters. The lowest BCUT2D eigenvalue weighted by atomic mass is 9.78. The first-order chi connectivity index (χ1) is 10.1. The topological polar surface area (TPSA) is 64.9 Å². The summed E-state index contributed by atoms with van der Waals surface area (Å²) < 4.78 is 5.54. The summed E-state index contributed by atoms with van der Waals surface area (Å²) in [5, 5.41) is 4.32. The normalized spacial score (nSPS) is 18.0. The molecule has 2 aromatic rings. The molecule has 0 amide bonds. The number of hydrogen-bond donors (Lipinski definition) is 1. The Kier molecular flexibility index (Phi) is 3.57. The van der Waals surface area contributed by atoms with Crippen LogP contribution in [0.1, 0.15) is 56.8 Å². The first kappa shape index (κ1) is 14.3. The van der Waals surface area contributed by atoms with Gasteiger partial charge in [0.15, 0.2) is 5.82 Å². The van der Waals surface area contributed by atoms with E-state index in [1.54, 1.807) is 0 Å². The zero-order valence-electron chi connectivity index (χ0n) is 12.8. The second-order valence-corrected chi connectivity index (χ2v) is 6.67. The zero-order chi connectivity index (χ0) is 14.9. The fourth-order valence-electron chi connectivity index (χ4n) is 3.16. The molecule has 1 aliphatic rings. The fourth-order valence-corrected chi connectivity index (χ4v) is 3.16. The first-order valence-corrected chi connectivity index (χ1v) is 7.69. The summed E-state index contributed by atoms with van der Waals surface area (Å²) in [5.41, 5.74) is 6.74. The van der Waals surface area contributed by atoms with Crippen molar-refractivity contribution in [2.75, 3.05) is 6.54 Å². The standard InChI is InChI=1S/C17H23N3O/c1-16(2,12-18)15-19-14(20-21-15)17(10-6-7-11-17)13-8-4-3-5-9-13/h3-5,8-9H,6-7,10-12,18H2,1-2H3. The third kappa shape index (κ3) is 2.38. The summed E-state index contributed by atoms with van der Waals surface area (Å²) >= 11 is 0. The zero-order valence-corrected chi connectivity index (χ0v) is 12.8. The van der Waals surface area contributed by atoms with E-state index in [0.29, 0.717) is 12.4 Å². The Bertz CT molecular complexity index is 598. The van der Waals surface area contributed by atoms with Crippen molar-refractivity contribution in [3.63, 3.8) is 0 Å². The van der Waals surface area contributed by atoms with Crippen molar-refractivity contribution in [3.05, 3.63) is 47.6 Å². The van der Waals surface area contributed by atoms with Gasteiger partial charge < -0.3 is 10.3 Å². The largest absolute Gasteiger partial charge is 0.339 e. The molecule has 112 valence electrons. The molecule has 3 rings (SSSR count). The predicted octanol–water partition coefficient (Wildman–Crippen LogP) is 3.17. The monoisotopic (exact) mass is 285 g/mol. The molecular weight excluding hydrogens is 262 g/mol. The molecule has 1 aromatic heterocycles. The van der Waals surface area contributed by atoms with Gasteiger partial charge in [-0.15, -0.1) is 0 Å². The van der Waals surface area contributed by atoms with E-state index in [1.807, 2.05) is 19.9 Å². The second-order valence-electron chi connectivity index (χ2n) is 6.67. The highest BCUT2D eigenvalue weighted by Gasteiger charge is 2.42. The van der Waals surface area contributed by atoms with Crippen molar-refractivity contribution < 1.29 is 4.52 Å². The number of aromatic nitrogens is 2. The molecule has 1 heterocycles. The van der Waals surface area contributed by atoms with Gasteiger partial charge in [-0.25, -0.2) is 0 Å². The van der Waals surface area contributed by atoms with Gasteiger partial charge in [-0.05, 0) is 32.3 Å². The molecule has 21 heavy (non-hydrogen) atoms. The molecule has 1 aliphatic carbocycles. The van der Waals surface area contributed by atoms with E-state index in [2.05, 4.69) is 29.4 Å². The Labute approximate surface area is 125 Å². The van der Waals surface area contributed by atoms with Crippen LogP contribution >= 0.6 is 0 Å². The summed E-state index contributed by atoms with van der Waals surface area (Å²) in [4.78, 5) is 4.73. The lowest BCUT2D eigenvalue weighted by Gasteiger charge is -2.25. The van der Waals surface area contributed by atoms with Crippen molar-refractivity contribution in [1.82, 2.24) is 10.1 Å². The Morgan fingerprint density at radius 3 is 2.48 bits per heavy atom. The van der Waals surface area contributed by atoms with Crippen LogP contribution in [0.15, 0.2) is 34.9 Å². The van der Waals surface area contributed by atoms with E-state index in [0.717, 1.165) is 18.7 Å². The van der Waals surface area contributed by atoms with Gasteiger partial charge in [-0.2, -0.15) is 4.98 Å². The van der Waals surface area contributed by atoms with E-state index in [-0.39, 0.29) is 10.8 Å². The van der Waals surface area contributed by atoms with Crippen molar-refractivity contribution in [3.8, 4) is 0 Å². The highest BCUT2D eigenvalue weighted by Crippen LogP contribution is 2.45. The lowest BCUT2D eigenvalue weighted by Crippen LogP contribution is -2.29. The predicted molar refractivity (Wildman–Crippen MR) is 82.1 cm³/mol. The van der Waals surface area contributed by atoms with E-state index in [1.165, 1.54) is 18.4 Å². The van der Waals surface area contributed by atoms with Gasteiger partial charge in [0.25, 0.3) is 0 Å². The quantitative estimate of drug-likeness (QED) is 0.937. The van der Waals surface area contributed by atoms with Crippen LogP contribution in [0.3, 0.4) is 0 Å². The van der Waals surface area contributed by atoms with Crippen LogP contribution in [0.25, 0.3) is 0 Å². The van der Waals surface area contributed by atoms with Gasteiger partial charge in [-0.1, -0.05) is 48.3 Å². The molecule has 2 N–H and O–H groups in total. The SMILES string of the molecule is CC(C)(CN)c1nc(C2(c3ccccc3)CCCC2)no1. The average Bonchev–Trinajstić information content (AvgIpc) is 3.18. The van der Waals surface area contributed by atoms with Crippen LogP contribution in [0.2, 0.25) is 0 Å². The van der Waals surface area contributed by atoms with Gasteiger partial charge >= 0.3 is 0 Å². The minimum atomic E-state index is -0.276. The maximum atomic E-state index is 5.82. The minimum absolute atomic E-state index is 0.0896. The van der Waals surface area contributed by atoms with Gasteiger partial charge in [0.1, 0.15) is 0 Å². The Hall–Kier alpha value is -1.68. The van der Waals surface area contributed by atoms with Gasteiger partial charge in [-0.3, -0.25) is 0 Å². The summed E-state index contributed by atoms with van der Waals surface area (Å²) in [6.07, 6.45) is 4.58. The van der Waals surface area contributed by atoms with Gasteiger partial charge in [0.05, 0.1) is 10.8 Å². The van der Waals surface area contributed by atoms with E-state index < -0.39 is 0 Å². The van der Waals surface area contributed by atoms with Gasteiger partial charge in [0.2, 0.25) is 5.89 Å². The summed E-state index contributed by atoms with van der Waals surface area (Å²) in [7, 11) is 0. The fraction of sp³-hybridized carbons (Fsp3) is 0.529. The molecule has 0 unspecified atom stereocenters. The van der Waals surface area contributed by atoms with Crippen molar-refractivity contribution in [2.45, 2.75) is 50.4 Å². The van der Waals surface area contributed by atoms with Crippen molar-refractivity contribution >= 4 is 0 Å². The number of benzene rings is 1. The number of rotatable bonds is 4. The molecule has 1 aromatic carbocycles. The maximum absolute atomic E-state index is 5.82. The van der Waals surface area contributed by atoms with E-state index in [9.17, 15) is 0 Å². The van der Waals surface area contributed by atoms with Crippen molar-refractivity contribution in [2.24, 2.45) is 5.73 Å². The molecule has 0 aliphatic heterocycles. The number of nitrogens with zero attached hydrogens (tertiary/aromatic N) is 2. The van der Waals surface area contributed by atoms with Crippen LogP contribution in [0, 0.1) is 0 Å². The molecule has 0 radical (unpaired) electrons. The summed E-state index contributed by atoms with van der Waals surface area (Å²) in [6.45, 7) is 4.56. The third-order valence-corrected chi connectivity index (χ3v) is 4.73. The second kappa shape index (κ2) is 5.26. The first-order valence-electron chi connectivity index (χ1n) is 7.69. The van der Waals surface area contributed by atoms with Crippen LogP contribution < -0.4 is 5.73 Å². The van der Waals surface area contributed by atoms with Crippen LogP contribution in [-0.2, 0) is 10.8 Å². The number of nitrogens with two attached hydrogens (primary N) is 1. The molecule has 1 saturated carbocycles. The Morgan fingerprint density at radius 2 is 1.86 bits per heavy atom. The average molecular weight is 285 g/mol. The smallest absolute Gasteiger partial charge is 0.233 e. The Morgan fingerprint density at radius 1 is 1.19 bits per heavy atom. The summed E-state index contributed by atoms with van der Waals surface area (Å²) in [5.74, 6) is 1.46. The molecule has 0 spiro atoms. The maximum Gasteiger partial charge on any atom is 0.233 e. The van der Waals surface area contributed by atoms with Crippen LogP contribution in [0.5, 0.6) is 0 Å². The minimum Gasteiger partial charge on any atom is -0.339 e. The molecule has 4 nitrogen and oxygen atoms in total. The highest BCUT2D eigenvalue weighted by molar-refractivity contribution is 5.34. The molecule has 1 fully saturated rings. The lowest BCUT2D eigenvalue weighted by molar-refractivity contribution is 0.305. The van der Waals surface area contributed by atoms with E-state index in [4.69, 9.17) is 15.2 Å². The number of hydrogen-bond acceptors (Lipinski definition) is 4.